The van der Waals surface area contributed by atoms with Gasteiger partial charge in [-0.15, -0.1) is 5.10 Å². The second kappa shape index (κ2) is 5.58. The number of aromatic nitrogens is 4. The van der Waals surface area contributed by atoms with Gasteiger partial charge in [-0.05, 0) is 44.4 Å². The molecule has 6 nitrogen and oxygen atoms in total. The van der Waals surface area contributed by atoms with E-state index in [0.717, 1.165) is 49.1 Å². The summed E-state index contributed by atoms with van der Waals surface area (Å²) in [5.41, 5.74) is 7.77. The Balaban J connectivity index is 1.80. The highest BCUT2D eigenvalue weighted by atomic mass is 15.4. The van der Waals surface area contributed by atoms with Gasteiger partial charge in [0.2, 0.25) is 5.95 Å². The highest BCUT2D eigenvalue weighted by molar-refractivity contribution is 5.56. The van der Waals surface area contributed by atoms with Crippen molar-refractivity contribution >= 4 is 5.95 Å². The van der Waals surface area contributed by atoms with Gasteiger partial charge in [-0.1, -0.05) is 0 Å². The lowest BCUT2D eigenvalue weighted by molar-refractivity contribution is 0.420. The van der Waals surface area contributed by atoms with Crippen LogP contribution < -0.4 is 10.6 Å². The standard InChI is InChI=1S/C14H20N6/c1-10-7-12(4-5-16-10)13-17-14(19-18-13)20-6-2-3-11(8-15)9-20/h4-5,7,11H,2-3,6,8-9,15H2,1H3,(H,17,18,19). The van der Waals surface area contributed by atoms with E-state index in [0.29, 0.717) is 5.92 Å². The summed E-state index contributed by atoms with van der Waals surface area (Å²) in [6.07, 6.45) is 4.14. The first-order chi connectivity index (χ1) is 9.76. The van der Waals surface area contributed by atoms with E-state index in [1.165, 1.54) is 6.42 Å². The Kier molecular flexibility index (Phi) is 3.64. The first-order valence-electron chi connectivity index (χ1n) is 7.06. The molecule has 1 saturated heterocycles. The fraction of sp³-hybridized carbons (Fsp3) is 0.500. The molecule has 1 unspecified atom stereocenters. The second-order valence-corrected chi connectivity index (χ2v) is 5.36. The number of pyridine rings is 1. The van der Waals surface area contributed by atoms with Crippen LogP contribution in [0, 0.1) is 12.8 Å². The molecule has 3 rings (SSSR count). The van der Waals surface area contributed by atoms with Crippen LogP contribution in [0.15, 0.2) is 18.3 Å². The van der Waals surface area contributed by atoms with E-state index < -0.39 is 0 Å². The number of hydrogen-bond acceptors (Lipinski definition) is 5. The van der Waals surface area contributed by atoms with Crippen LogP contribution in [0.3, 0.4) is 0 Å². The summed E-state index contributed by atoms with van der Waals surface area (Å²) >= 11 is 0. The van der Waals surface area contributed by atoms with Gasteiger partial charge in [0.25, 0.3) is 0 Å². The van der Waals surface area contributed by atoms with Crippen molar-refractivity contribution in [3.05, 3.63) is 24.0 Å². The molecule has 0 spiro atoms. The van der Waals surface area contributed by atoms with Gasteiger partial charge in [-0.25, -0.2) is 0 Å². The zero-order valence-corrected chi connectivity index (χ0v) is 11.7. The highest BCUT2D eigenvalue weighted by Gasteiger charge is 2.21. The zero-order chi connectivity index (χ0) is 13.9. The molecule has 0 radical (unpaired) electrons. The maximum atomic E-state index is 5.77. The van der Waals surface area contributed by atoms with Crippen LogP contribution in [-0.4, -0.2) is 39.8 Å². The molecule has 3 heterocycles. The number of aromatic amines is 1. The number of nitrogens with two attached hydrogens (primary N) is 1. The number of hydrogen-bond donors (Lipinski definition) is 2. The van der Waals surface area contributed by atoms with Crippen molar-refractivity contribution in [3.63, 3.8) is 0 Å². The smallest absolute Gasteiger partial charge is 0.245 e. The van der Waals surface area contributed by atoms with E-state index in [4.69, 9.17) is 5.73 Å². The molecule has 1 aliphatic heterocycles. The lowest BCUT2D eigenvalue weighted by Crippen LogP contribution is -2.38. The zero-order valence-electron chi connectivity index (χ0n) is 11.7. The van der Waals surface area contributed by atoms with Gasteiger partial charge >= 0.3 is 0 Å². The molecule has 6 heteroatoms. The lowest BCUT2D eigenvalue weighted by atomic mass is 9.99. The Bertz CT molecular complexity index is 579. The van der Waals surface area contributed by atoms with E-state index in [1.54, 1.807) is 6.20 Å². The monoisotopic (exact) mass is 272 g/mol. The van der Waals surface area contributed by atoms with Crippen LogP contribution in [0.5, 0.6) is 0 Å². The highest BCUT2D eigenvalue weighted by Crippen LogP contribution is 2.22. The van der Waals surface area contributed by atoms with E-state index in [9.17, 15) is 0 Å². The molecule has 0 amide bonds. The van der Waals surface area contributed by atoms with Crippen molar-refractivity contribution < 1.29 is 0 Å². The van der Waals surface area contributed by atoms with Gasteiger partial charge in [0.1, 0.15) is 0 Å². The summed E-state index contributed by atoms with van der Waals surface area (Å²) < 4.78 is 0. The molecule has 0 aromatic carbocycles. The minimum Gasteiger partial charge on any atom is -0.339 e. The first kappa shape index (κ1) is 13.1. The van der Waals surface area contributed by atoms with Crippen LogP contribution in [0.2, 0.25) is 0 Å². The third-order valence-corrected chi connectivity index (χ3v) is 3.78. The van der Waals surface area contributed by atoms with Crippen molar-refractivity contribution in [2.45, 2.75) is 19.8 Å². The molecular weight excluding hydrogens is 252 g/mol. The normalized spacial score (nSPS) is 19.3. The molecule has 2 aromatic rings. The van der Waals surface area contributed by atoms with Gasteiger partial charge in [-0.3, -0.25) is 10.1 Å². The van der Waals surface area contributed by atoms with Crippen LogP contribution in [0.1, 0.15) is 18.5 Å². The number of rotatable bonds is 3. The summed E-state index contributed by atoms with van der Waals surface area (Å²) in [5.74, 6) is 2.11. The maximum Gasteiger partial charge on any atom is 0.245 e. The molecule has 20 heavy (non-hydrogen) atoms. The fourth-order valence-corrected chi connectivity index (χ4v) is 2.66. The second-order valence-electron chi connectivity index (χ2n) is 5.36. The predicted molar refractivity (Wildman–Crippen MR) is 78.3 cm³/mol. The van der Waals surface area contributed by atoms with Crippen LogP contribution >= 0.6 is 0 Å². The van der Waals surface area contributed by atoms with E-state index in [-0.39, 0.29) is 0 Å². The topological polar surface area (TPSA) is 83.7 Å². The number of H-pyrrole nitrogens is 1. The molecule has 0 aliphatic carbocycles. The lowest BCUT2D eigenvalue weighted by Gasteiger charge is -2.31. The molecule has 2 aromatic heterocycles. The number of piperidine rings is 1. The number of anilines is 1. The Morgan fingerprint density at radius 1 is 1.50 bits per heavy atom. The van der Waals surface area contributed by atoms with Crippen LogP contribution in [0.4, 0.5) is 5.95 Å². The SMILES string of the molecule is Cc1cc(-c2nc(N3CCCC(CN)C3)n[nH]2)ccn1. The van der Waals surface area contributed by atoms with Gasteiger partial charge in [0.05, 0.1) is 0 Å². The molecule has 1 atom stereocenters. The average molecular weight is 272 g/mol. The van der Waals surface area contributed by atoms with Crippen molar-refractivity contribution in [2.24, 2.45) is 11.7 Å². The molecule has 1 aliphatic rings. The molecule has 0 bridgehead atoms. The third-order valence-electron chi connectivity index (χ3n) is 3.78. The van der Waals surface area contributed by atoms with Gasteiger partial charge < -0.3 is 10.6 Å². The van der Waals surface area contributed by atoms with Gasteiger partial charge in [-0.2, -0.15) is 4.98 Å². The largest absolute Gasteiger partial charge is 0.339 e. The Morgan fingerprint density at radius 2 is 2.40 bits per heavy atom. The van der Waals surface area contributed by atoms with Crippen molar-refractivity contribution in [1.82, 2.24) is 20.2 Å². The molecule has 0 saturated carbocycles. The quantitative estimate of drug-likeness (QED) is 0.881. The third kappa shape index (κ3) is 2.65. The Morgan fingerprint density at radius 3 is 3.20 bits per heavy atom. The van der Waals surface area contributed by atoms with Crippen LogP contribution in [0.25, 0.3) is 11.4 Å². The van der Waals surface area contributed by atoms with E-state index in [2.05, 4.69) is 25.1 Å². The predicted octanol–water partition coefficient (Wildman–Crippen LogP) is 1.35. The fourth-order valence-electron chi connectivity index (χ4n) is 2.66. The minimum absolute atomic E-state index is 0.550. The molecule has 3 N–H and O–H groups in total. The summed E-state index contributed by atoms with van der Waals surface area (Å²) in [6.45, 7) is 4.65. The minimum atomic E-state index is 0.550. The number of nitrogens with zero attached hydrogens (tertiary/aromatic N) is 4. The summed E-state index contributed by atoms with van der Waals surface area (Å²) in [4.78, 5) is 11.0. The van der Waals surface area contributed by atoms with Crippen molar-refractivity contribution in [2.75, 3.05) is 24.5 Å². The number of nitrogens with one attached hydrogen (secondary N) is 1. The van der Waals surface area contributed by atoms with Gasteiger partial charge in [0, 0.05) is 30.5 Å². The summed E-state index contributed by atoms with van der Waals surface area (Å²) in [6, 6.07) is 3.94. The summed E-state index contributed by atoms with van der Waals surface area (Å²) in [7, 11) is 0. The van der Waals surface area contributed by atoms with E-state index >= 15 is 0 Å². The number of aryl methyl sites for hydroxylation is 1. The van der Waals surface area contributed by atoms with Crippen LogP contribution in [-0.2, 0) is 0 Å². The van der Waals surface area contributed by atoms with E-state index in [1.807, 2.05) is 19.1 Å². The maximum absolute atomic E-state index is 5.77. The molecule has 1 fully saturated rings. The Labute approximate surface area is 118 Å². The first-order valence-corrected chi connectivity index (χ1v) is 7.06. The molecular formula is C14H20N6. The molecule has 106 valence electrons. The Hall–Kier alpha value is -1.95. The van der Waals surface area contributed by atoms with Crippen molar-refractivity contribution in [1.29, 1.82) is 0 Å². The summed E-state index contributed by atoms with van der Waals surface area (Å²) in [5, 5.41) is 7.36. The van der Waals surface area contributed by atoms with Crippen molar-refractivity contribution in [3.8, 4) is 11.4 Å². The van der Waals surface area contributed by atoms with Gasteiger partial charge in [0.15, 0.2) is 5.82 Å². The average Bonchev–Trinajstić information content (AvgIpc) is 2.97.